The van der Waals surface area contributed by atoms with E-state index in [1.54, 1.807) is 11.8 Å². The zero-order valence-electron chi connectivity index (χ0n) is 14.7. The number of ether oxygens (including phenoxy) is 1. The molecule has 2 N–H and O–H groups in total. The highest BCUT2D eigenvalue weighted by Gasteiger charge is 2.23. The fraction of sp³-hybridized carbons (Fsp3) is 0.412. The molecule has 0 radical (unpaired) electrons. The molecule has 26 heavy (non-hydrogen) atoms. The third-order valence-electron chi connectivity index (χ3n) is 4.58. The van der Waals surface area contributed by atoms with Crippen LogP contribution in [0, 0.1) is 6.92 Å². The van der Waals surface area contributed by atoms with E-state index in [1.807, 2.05) is 30.0 Å². The summed E-state index contributed by atoms with van der Waals surface area (Å²) in [5, 5.41) is 4.79. The van der Waals surface area contributed by atoms with Crippen LogP contribution in [-0.2, 0) is 11.3 Å². The second kappa shape index (κ2) is 7.75. The molecule has 1 saturated heterocycles. The first-order valence-corrected chi connectivity index (χ1v) is 9.42. The number of carbonyl (C=O) groups is 1. The van der Waals surface area contributed by atoms with Gasteiger partial charge in [0, 0.05) is 37.9 Å². The van der Waals surface area contributed by atoms with Crippen LogP contribution in [-0.4, -0.2) is 53.9 Å². The number of hydrogen-bond acceptors (Lipinski definition) is 5. The van der Waals surface area contributed by atoms with Crippen molar-refractivity contribution in [3.63, 3.8) is 0 Å². The second-order valence-electron chi connectivity index (χ2n) is 6.13. The number of benzene rings is 1. The van der Waals surface area contributed by atoms with E-state index < -0.39 is 0 Å². The summed E-state index contributed by atoms with van der Waals surface area (Å²) in [5.41, 5.74) is 7.67. The largest absolute Gasteiger partial charge is 0.495 e. The summed E-state index contributed by atoms with van der Waals surface area (Å²) in [6.07, 6.45) is 0. The van der Waals surface area contributed by atoms with Crippen molar-refractivity contribution in [2.75, 3.05) is 43.9 Å². The highest BCUT2D eigenvalue weighted by atomic mass is 79.9. The molecule has 0 unspecified atom stereocenters. The van der Waals surface area contributed by atoms with Crippen LogP contribution in [0.1, 0.15) is 5.69 Å². The molecule has 2 aromatic rings. The van der Waals surface area contributed by atoms with Crippen LogP contribution in [0.4, 0.5) is 11.5 Å². The van der Waals surface area contributed by atoms with Crippen LogP contribution >= 0.6 is 27.5 Å². The van der Waals surface area contributed by atoms with E-state index in [2.05, 4.69) is 25.9 Å². The van der Waals surface area contributed by atoms with E-state index in [-0.39, 0.29) is 12.5 Å². The molecule has 140 valence electrons. The summed E-state index contributed by atoms with van der Waals surface area (Å²) in [6.45, 7) is 4.88. The summed E-state index contributed by atoms with van der Waals surface area (Å²) in [4.78, 5) is 16.7. The van der Waals surface area contributed by atoms with Gasteiger partial charge in [-0.25, -0.2) is 0 Å². The van der Waals surface area contributed by atoms with Gasteiger partial charge in [0.2, 0.25) is 5.91 Å². The van der Waals surface area contributed by atoms with Gasteiger partial charge in [0.15, 0.2) is 5.82 Å². The number of rotatable bonds is 4. The van der Waals surface area contributed by atoms with Crippen LogP contribution in [0.25, 0.3) is 0 Å². The lowest BCUT2D eigenvalue weighted by molar-refractivity contribution is -0.132. The Bertz CT molecular complexity index is 818. The van der Waals surface area contributed by atoms with Crippen molar-refractivity contribution in [3.05, 3.63) is 33.4 Å². The molecule has 0 saturated carbocycles. The van der Waals surface area contributed by atoms with E-state index in [9.17, 15) is 4.79 Å². The van der Waals surface area contributed by atoms with Crippen LogP contribution in [0.5, 0.6) is 5.75 Å². The van der Waals surface area contributed by atoms with Crippen molar-refractivity contribution in [3.8, 4) is 5.75 Å². The molecular formula is C17H21BrClN5O2. The average Bonchev–Trinajstić information content (AvgIpc) is 2.89. The Morgan fingerprint density at radius 2 is 2.04 bits per heavy atom. The lowest BCUT2D eigenvalue weighted by atomic mass is 10.2. The molecule has 3 rings (SSSR count). The number of halogens is 2. The number of anilines is 2. The van der Waals surface area contributed by atoms with Gasteiger partial charge in [0.25, 0.3) is 0 Å². The fourth-order valence-electron chi connectivity index (χ4n) is 2.99. The Morgan fingerprint density at radius 1 is 1.35 bits per heavy atom. The van der Waals surface area contributed by atoms with E-state index in [0.29, 0.717) is 29.7 Å². The molecule has 1 aliphatic heterocycles. The SMILES string of the molecule is COc1cc(N2CCN(C(=O)Cn3nc(N)c(Br)c3C)CC2)ccc1Cl. The fourth-order valence-corrected chi connectivity index (χ4v) is 3.47. The molecular weight excluding hydrogens is 422 g/mol. The standard InChI is InChI=1S/C17H21BrClN5O2/c1-11-16(18)17(20)21-24(11)10-15(25)23-7-5-22(6-8-23)12-3-4-13(19)14(9-12)26-2/h3-4,9H,5-8,10H2,1-2H3,(H2,20,21). The number of nitrogen functional groups attached to an aromatic ring is 1. The molecule has 7 nitrogen and oxygen atoms in total. The monoisotopic (exact) mass is 441 g/mol. The quantitative estimate of drug-likeness (QED) is 0.787. The molecule has 1 fully saturated rings. The van der Waals surface area contributed by atoms with Crippen LogP contribution in [0.3, 0.4) is 0 Å². The van der Waals surface area contributed by atoms with Crippen molar-refractivity contribution in [1.29, 1.82) is 0 Å². The average molecular weight is 443 g/mol. The third-order valence-corrected chi connectivity index (χ3v) is 5.87. The molecule has 2 heterocycles. The van der Waals surface area contributed by atoms with Gasteiger partial charge in [-0.2, -0.15) is 5.10 Å². The van der Waals surface area contributed by atoms with Crippen LogP contribution in [0.2, 0.25) is 5.02 Å². The Labute approximate surface area is 165 Å². The molecule has 1 aliphatic rings. The minimum atomic E-state index is 0.0384. The van der Waals surface area contributed by atoms with Crippen molar-refractivity contribution in [2.45, 2.75) is 13.5 Å². The van der Waals surface area contributed by atoms with E-state index in [0.717, 1.165) is 28.9 Å². The van der Waals surface area contributed by atoms with Crippen molar-refractivity contribution >= 4 is 44.9 Å². The zero-order chi connectivity index (χ0) is 18.8. The minimum Gasteiger partial charge on any atom is -0.495 e. The Hall–Kier alpha value is -1.93. The number of amides is 1. The maximum Gasteiger partial charge on any atom is 0.244 e. The summed E-state index contributed by atoms with van der Waals surface area (Å²) >= 11 is 9.46. The molecule has 0 spiro atoms. The topological polar surface area (TPSA) is 76.6 Å². The highest BCUT2D eigenvalue weighted by Crippen LogP contribution is 2.30. The molecule has 0 aliphatic carbocycles. The number of piperazine rings is 1. The van der Waals surface area contributed by atoms with Crippen molar-refractivity contribution < 1.29 is 9.53 Å². The summed E-state index contributed by atoms with van der Waals surface area (Å²) < 4.78 is 7.66. The number of nitrogens with zero attached hydrogens (tertiary/aromatic N) is 4. The Balaban J connectivity index is 1.61. The van der Waals surface area contributed by atoms with Gasteiger partial charge in [-0.3, -0.25) is 9.48 Å². The number of carbonyl (C=O) groups excluding carboxylic acids is 1. The zero-order valence-corrected chi connectivity index (χ0v) is 17.0. The lowest BCUT2D eigenvalue weighted by Crippen LogP contribution is -2.49. The Morgan fingerprint density at radius 3 is 2.62 bits per heavy atom. The summed E-state index contributed by atoms with van der Waals surface area (Å²) in [6, 6.07) is 5.72. The number of hydrogen-bond donors (Lipinski definition) is 1. The summed E-state index contributed by atoms with van der Waals surface area (Å²) in [5.74, 6) is 1.09. The van der Waals surface area contributed by atoms with Crippen LogP contribution < -0.4 is 15.4 Å². The van der Waals surface area contributed by atoms with Gasteiger partial charge in [-0.1, -0.05) is 11.6 Å². The minimum absolute atomic E-state index is 0.0384. The highest BCUT2D eigenvalue weighted by molar-refractivity contribution is 9.10. The number of methoxy groups -OCH3 is 1. The molecule has 1 amide bonds. The molecule has 0 bridgehead atoms. The third kappa shape index (κ3) is 3.76. The van der Waals surface area contributed by atoms with Gasteiger partial charge in [0.1, 0.15) is 12.3 Å². The molecule has 0 atom stereocenters. The van der Waals surface area contributed by atoms with E-state index in [1.165, 1.54) is 0 Å². The Kier molecular flexibility index (Phi) is 5.62. The first-order valence-electron chi connectivity index (χ1n) is 8.25. The van der Waals surface area contributed by atoms with E-state index in [4.69, 9.17) is 22.1 Å². The molecule has 1 aromatic heterocycles. The lowest BCUT2D eigenvalue weighted by Gasteiger charge is -2.36. The summed E-state index contributed by atoms with van der Waals surface area (Å²) in [7, 11) is 1.60. The predicted molar refractivity (Wildman–Crippen MR) is 106 cm³/mol. The van der Waals surface area contributed by atoms with Gasteiger partial charge in [0.05, 0.1) is 22.3 Å². The van der Waals surface area contributed by atoms with Gasteiger partial charge >= 0.3 is 0 Å². The maximum absolute atomic E-state index is 12.6. The van der Waals surface area contributed by atoms with Crippen molar-refractivity contribution in [1.82, 2.24) is 14.7 Å². The van der Waals surface area contributed by atoms with Gasteiger partial charge in [-0.15, -0.1) is 0 Å². The maximum atomic E-state index is 12.6. The molecule has 9 heteroatoms. The van der Waals surface area contributed by atoms with Gasteiger partial charge in [-0.05, 0) is 35.0 Å². The smallest absolute Gasteiger partial charge is 0.244 e. The van der Waals surface area contributed by atoms with Gasteiger partial charge < -0.3 is 20.3 Å². The number of aromatic nitrogens is 2. The van der Waals surface area contributed by atoms with E-state index >= 15 is 0 Å². The first kappa shape index (κ1) is 18.8. The first-order chi connectivity index (χ1) is 12.4. The van der Waals surface area contributed by atoms with Crippen LogP contribution in [0.15, 0.2) is 22.7 Å². The predicted octanol–water partition coefficient (Wildman–Crippen LogP) is 2.55. The normalized spacial score (nSPS) is 14.6. The number of nitrogens with two attached hydrogens (primary N) is 1. The molecule has 1 aromatic carbocycles. The van der Waals surface area contributed by atoms with Crippen molar-refractivity contribution in [2.24, 2.45) is 0 Å². The second-order valence-corrected chi connectivity index (χ2v) is 7.33.